The third-order valence-electron chi connectivity index (χ3n) is 0.551. The lowest BCUT2D eigenvalue weighted by Gasteiger charge is -2.10. The first-order valence-electron chi connectivity index (χ1n) is 2.49. The van der Waals surface area contributed by atoms with Crippen molar-refractivity contribution >= 4 is 24.6 Å². The van der Waals surface area contributed by atoms with E-state index in [1.165, 1.54) is 0 Å². The van der Waals surface area contributed by atoms with E-state index in [0.717, 1.165) is 0 Å². The summed E-state index contributed by atoms with van der Waals surface area (Å²) in [6.45, 7) is -4.78. The van der Waals surface area contributed by atoms with Crippen LogP contribution in [-0.4, -0.2) is 24.3 Å². The molecule has 0 aliphatic heterocycles. The Labute approximate surface area is 60.4 Å². The number of amides is 1. The highest BCUT2D eigenvalue weighted by molar-refractivity contribution is 8.01. The highest BCUT2D eigenvalue weighted by atomic mass is 32.2. The van der Waals surface area contributed by atoms with Gasteiger partial charge in [0.1, 0.15) is 0 Å². The predicted molar refractivity (Wildman–Crippen MR) is 35.6 cm³/mol. The van der Waals surface area contributed by atoms with Crippen molar-refractivity contribution < 1.29 is 17.7 Å². The molecule has 0 spiro atoms. The summed E-state index contributed by atoms with van der Waals surface area (Å²) in [6, 6.07) is 0. The van der Waals surface area contributed by atoms with E-state index in [1.807, 2.05) is 0 Å². The van der Waals surface area contributed by atoms with Crippen molar-refractivity contribution in [1.29, 1.82) is 0 Å². The first-order valence-corrected chi connectivity index (χ1v) is 3.64. The summed E-state index contributed by atoms with van der Waals surface area (Å²) in [5.41, 5.74) is 3.65. The van der Waals surface area contributed by atoms with Gasteiger partial charge in [0.05, 0.1) is 5.75 Å². The van der Waals surface area contributed by atoms with Gasteiger partial charge in [-0.1, -0.05) is 0 Å². The van der Waals surface area contributed by atoms with Crippen LogP contribution in [0.4, 0.5) is 12.9 Å². The normalized spacial score (nSPS) is 11.5. The van der Waals surface area contributed by atoms with Crippen molar-refractivity contribution in [3.05, 3.63) is 0 Å². The summed E-state index contributed by atoms with van der Waals surface area (Å²) in [5.74, 6) is -0.980. The average Bonchev–Trinajstić information content (AvgIpc) is 1.59. The fourth-order valence-corrected chi connectivity index (χ4v) is 0.879. The van der Waals surface area contributed by atoms with Crippen molar-refractivity contribution in [3.8, 4) is 0 Å². The number of hydrogen-bond donors (Lipinski definition) is 1. The van der Waals surface area contributed by atoms with Crippen molar-refractivity contribution in [3.63, 3.8) is 0 Å². The maximum absolute atomic E-state index is 11.4. The Bertz CT molecular complexity index is 127. The zero-order valence-electron chi connectivity index (χ0n) is 5.02. The number of thioether (sulfide) groups is 1. The van der Waals surface area contributed by atoms with Gasteiger partial charge in [0, 0.05) is 0 Å². The SMILES string of the molecule is NC(=O)CSC[B-](F)(F)F. The maximum Gasteiger partial charge on any atom is 0.488 e. The minimum Gasteiger partial charge on any atom is -0.448 e. The smallest absolute Gasteiger partial charge is 0.448 e. The van der Waals surface area contributed by atoms with Crippen LogP contribution in [-0.2, 0) is 4.79 Å². The Hall–Kier alpha value is -0.325. The van der Waals surface area contributed by atoms with Crippen LogP contribution in [0.2, 0.25) is 0 Å². The average molecular weight is 172 g/mol. The molecule has 0 rings (SSSR count). The molecule has 0 atom stereocenters. The highest BCUT2D eigenvalue weighted by Gasteiger charge is 2.22. The van der Waals surface area contributed by atoms with Crippen LogP contribution in [0.5, 0.6) is 0 Å². The molecule has 0 aliphatic rings. The summed E-state index contributed by atoms with van der Waals surface area (Å²) in [4.78, 5) is 9.93. The van der Waals surface area contributed by atoms with Crippen molar-refractivity contribution in [1.82, 2.24) is 0 Å². The van der Waals surface area contributed by atoms with Crippen LogP contribution in [0.25, 0.3) is 0 Å². The molecule has 10 heavy (non-hydrogen) atoms. The Morgan fingerprint density at radius 1 is 1.50 bits per heavy atom. The number of rotatable bonds is 4. The zero-order chi connectivity index (χ0) is 8.20. The molecule has 7 heteroatoms. The van der Waals surface area contributed by atoms with Gasteiger partial charge < -0.3 is 18.7 Å². The Morgan fingerprint density at radius 3 is 2.30 bits per heavy atom. The number of halogens is 3. The van der Waals surface area contributed by atoms with E-state index in [0.29, 0.717) is 11.8 Å². The van der Waals surface area contributed by atoms with Crippen LogP contribution >= 0.6 is 11.8 Å². The Kier molecular flexibility index (Phi) is 3.63. The van der Waals surface area contributed by atoms with Crippen molar-refractivity contribution in [2.45, 2.75) is 0 Å². The minimum absolute atomic E-state index is 0.263. The molecule has 60 valence electrons. The Balaban J connectivity index is 3.29. The van der Waals surface area contributed by atoms with E-state index in [-0.39, 0.29) is 5.75 Å². The highest BCUT2D eigenvalue weighted by Crippen LogP contribution is 2.15. The van der Waals surface area contributed by atoms with Gasteiger partial charge in [0.15, 0.2) is 0 Å². The van der Waals surface area contributed by atoms with Crippen molar-refractivity contribution in [2.75, 3.05) is 11.4 Å². The first kappa shape index (κ1) is 9.67. The van der Waals surface area contributed by atoms with Crippen LogP contribution in [0.15, 0.2) is 0 Å². The van der Waals surface area contributed by atoms with Gasteiger partial charge in [-0.2, -0.15) is 11.8 Å². The van der Waals surface area contributed by atoms with Gasteiger partial charge in [0.2, 0.25) is 5.91 Å². The molecular weight excluding hydrogens is 166 g/mol. The molecule has 2 nitrogen and oxygen atoms in total. The van der Waals surface area contributed by atoms with Crippen LogP contribution in [0.1, 0.15) is 0 Å². The molecule has 0 radical (unpaired) electrons. The summed E-state index contributed by atoms with van der Waals surface area (Å²) in [6.07, 6.45) is 0. The van der Waals surface area contributed by atoms with Crippen LogP contribution < -0.4 is 5.73 Å². The molecule has 0 aromatic rings. The zero-order valence-corrected chi connectivity index (χ0v) is 5.84. The van der Waals surface area contributed by atoms with Crippen molar-refractivity contribution in [2.24, 2.45) is 5.73 Å². The second-order valence-corrected chi connectivity index (χ2v) is 2.72. The van der Waals surface area contributed by atoms with Gasteiger partial charge in [-0.25, -0.2) is 0 Å². The number of primary amides is 1. The summed E-state index contributed by atoms with van der Waals surface area (Å²) in [5, 5.41) is 0. The molecule has 0 aromatic heterocycles. The molecule has 0 heterocycles. The third-order valence-corrected chi connectivity index (χ3v) is 1.65. The third kappa shape index (κ3) is 7.67. The monoisotopic (exact) mass is 172 g/mol. The number of hydrogen-bond acceptors (Lipinski definition) is 2. The van der Waals surface area contributed by atoms with E-state index in [1.54, 1.807) is 0 Å². The molecule has 1 amide bonds. The fraction of sp³-hybridized carbons (Fsp3) is 0.667. The summed E-state index contributed by atoms with van der Waals surface area (Å²) < 4.78 is 34.2. The lowest BCUT2D eigenvalue weighted by atomic mass is 9.98. The Morgan fingerprint density at radius 2 is 2.00 bits per heavy atom. The van der Waals surface area contributed by atoms with E-state index in [9.17, 15) is 17.7 Å². The lowest BCUT2D eigenvalue weighted by molar-refractivity contribution is -0.115. The number of nitrogens with two attached hydrogens (primary N) is 1. The fourth-order valence-electron chi connectivity index (χ4n) is 0.293. The second kappa shape index (κ2) is 3.75. The molecule has 0 aliphatic carbocycles. The van der Waals surface area contributed by atoms with Gasteiger partial charge in [-0.15, -0.1) is 0 Å². The molecule has 2 N–H and O–H groups in total. The lowest BCUT2D eigenvalue weighted by Crippen LogP contribution is -2.22. The molecule has 0 unspecified atom stereocenters. The van der Waals surface area contributed by atoms with E-state index in [4.69, 9.17) is 0 Å². The number of carbonyl (C=O) groups is 1. The maximum atomic E-state index is 11.4. The van der Waals surface area contributed by atoms with Gasteiger partial charge >= 0.3 is 6.98 Å². The second-order valence-electron chi connectivity index (χ2n) is 1.69. The van der Waals surface area contributed by atoms with Gasteiger partial charge in [-0.3, -0.25) is 4.79 Å². The molecule has 0 saturated heterocycles. The topological polar surface area (TPSA) is 43.1 Å². The van der Waals surface area contributed by atoms with Gasteiger partial charge in [-0.05, 0) is 5.65 Å². The van der Waals surface area contributed by atoms with E-state index >= 15 is 0 Å². The van der Waals surface area contributed by atoms with Gasteiger partial charge in [0.25, 0.3) is 0 Å². The largest absolute Gasteiger partial charge is 0.488 e. The predicted octanol–water partition coefficient (Wildman–Crippen LogP) is 0.592. The van der Waals surface area contributed by atoms with Crippen LogP contribution in [0, 0.1) is 0 Å². The molecule has 0 aromatic carbocycles. The molecular formula is C3H6BF3NOS-. The standard InChI is InChI=1S/C3H6BF3NOS/c5-4(6,7)2-10-1-3(8)9/h1-2H2,(H2,8,9)/q-1. The van der Waals surface area contributed by atoms with E-state index in [2.05, 4.69) is 5.73 Å². The van der Waals surface area contributed by atoms with E-state index < -0.39 is 18.5 Å². The number of carbonyl (C=O) groups excluding carboxylic acids is 1. The quantitative estimate of drug-likeness (QED) is 0.630. The minimum atomic E-state index is -4.78. The van der Waals surface area contributed by atoms with Crippen LogP contribution in [0.3, 0.4) is 0 Å². The summed E-state index contributed by atoms with van der Waals surface area (Å²) in [7, 11) is 0. The molecule has 0 saturated carbocycles. The summed E-state index contributed by atoms with van der Waals surface area (Å²) >= 11 is 0.497. The first-order chi connectivity index (χ1) is 4.42. The molecule has 0 fully saturated rings. The molecule has 0 bridgehead atoms.